The van der Waals surface area contributed by atoms with Gasteiger partial charge in [-0.05, 0) is 34.5 Å². The van der Waals surface area contributed by atoms with Gasteiger partial charge in [-0.3, -0.25) is 9.79 Å². The Balaban J connectivity index is 1.75. The van der Waals surface area contributed by atoms with E-state index in [-0.39, 0.29) is 11.8 Å². The highest BCUT2D eigenvalue weighted by molar-refractivity contribution is 9.10. The number of anilines is 1. The molecule has 0 spiro atoms. The summed E-state index contributed by atoms with van der Waals surface area (Å²) in [5.74, 6) is 0.865. The second kappa shape index (κ2) is 8.16. The van der Waals surface area contributed by atoms with Crippen LogP contribution in [0.5, 0.6) is 0 Å². The van der Waals surface area contributed by atoms with Crippen molar-refractivity contribution >= 4 is 39.2 Å². The summed E-state index contributed by atoms with van der Waals surface area (Å²) in [6, 6.07) is 13.5. The lowest BCUT2D eigenvalue weighted by molar-refractivity contribution is -0.118. The first kappa shape index (κ1) is 17.5. The first-order chi connectivity index (χ1) is 12.2. The van der Waals surface area contributed by atoms with Gasteiger partial charge >= 0.3 is 0 Å². The fourth-order valence-electron chi connectivity index (χ4n) is 2.69. The molecule has 128 valence electrons. The van der Waals surface area contributed by atoms with Gasteiger partial charge < -0.3 is 5.32 Å². The molecule has 25 heavy (non-hydrogen) atoms. The number of nitrogens with one attached hydrogen (secondary N) is 1. The number of hydrogen-bond acceptors (Lipinski definition) is 4. The quantitative estimate of drug-likeness (QED) is 0.795. The van der Waals surface area contributed by atoms with Crippen molar-refractivity contribution in [2.24, 2.45) is 15.9 Å². The molecule has 1 atom stereocenters. The molecule has 0 saturated carbocycles. The number of nitrogens with zero attached hydrogens (tertiary/aromatic N) is 3. The van der Waals surface area contributed by atoms with E-state index in [0.29, 0.717) is 18.2 Å². The Morgan fingerprint density at radius 2 is 2.04 bits per heavy atom. The molecule has 0 bridgehead atoms. The average molecular weight is 399 g/mol. The van der Waals surface area contributed by atoms with Gasteiger partial charge in [0.1, 0.15) is 5.82 Å². The SMILES string of the molecule is CCCC(C(=O)Nc1ccc(Br)cn1)C1=NC(c2ccccc2)=NC1. The summed E-state index contributed by atoms with van der Waals surface area (Å²) in [6.07, 6.45) is 3.29. The van der Waals surface area contributed by atoms with Crippen LogP contribution in [0.4, 0.5) is 5.82 Å². The molecule has 0 fully saturated rings. The number of rotatable bonds is 6. The zero-order valence-electron chi connectivity index (χ0n) is 13.9. The molecule has 1 aromatic carbocycles. The van der Waals surface area contributed by atoms with Crippen molar-refractivity contribution in [3.63, 3.8) is 0 Å². The lowest BCUT2D eigenvalue weighted by Crippen LogP contribution is -2.30. The summed E-state index contributed by atoms with van der Waals surface area (Å²) in [5.41, 5.74) is 1.79. The van der Waals surface area contributed by atoms with E-state index in [2.05, 4.69) is 43.1 Å². The van der Waals surface area contributed by atoms with Crippen LogP contribution in [0.2, 0.25) is 0 Å². The van der Waals surface area contributed by atoms with Gasteiger partial charge in [-0.1, -0.05) is 43.7 Å². The molecule has 2 heterocycles. The van der Waals surface area contributed by atoms with Crippen molar-refractivity contribution in [3.8, 4) is 0 Å². The van der Waals surface area contributed by atoms with Crippen LogP contribution in [0.1, 0.15) is 25.3 Å². The van der Waals surface area contributed by atoms with Crippen molar-refractivity contribution in [2.75, 3.05) is 11.9 Å². The highest BCUT2D eigenvalue weighted by Gasteiger charge is 2.27. The third-order valence-corrected chi connectivity index (χ3v) is 4.42. The van der Waals surface area contributed by atoms with Crippen LogP contribution in [0.25, 0.3) is 0 Å². The molecule has 0 radical (unpaired) electrons. The van der Waals surface area contributed by atoms with Gasteiger partial charge in [0.05, 0.1) is 18.2 Å². The van der Waals surface area contributed by atoms with Gasteiger partial charge in [0.2, 0.25) is 5.91 Å². The fourth-order valence-corrected chi connectivity index (χ4v) is 2.93. The second-order valence-corrected chi connectivity index (χ2v) is 6.72. The topological polar surface area (TPSA) is 66.7 Å². The van der Waals surface area contributed by atoms with Crippen LogP contribution in [-0.4, -0.2) is 29.0 Å². The van der Waals surface area contributed by atoms with Gasteiger partial charge in [-0.2, -0.15) is 0 Å². The number of aliphatic imine (C=N–C) groups is 2. The maximum atomic E-state index is 12.7. The normalized spacial score (nSPS) is 14.6. The average Bonchev–Trinajstić information content (AvgIpc) is 3.12. The number of aromatic nitrogens is 1. The molecular formula is C19H19BrN4O. The van der Waals surface area contributed by atoms with E-state index in [1.54, 1.807) is 12.3 Å². The van der Waals surface area contributed by atoms with Crippen molar-refractivity contribution in [1.29, 1.82) is 0 Å². The van der Waals surface area contributed by atoms with Crippen molar-refractivity contribution < 1.29 is 4.79 Å². The van der Waals surface area contributed by atoms with Crippen LogP contribution < -0.4 is 5.32 Å². The molecule has 6 heteroatoms. The lowest BCUT2D eigenvalue weighted by Gasteiger charge is -2.15. The van der Waals surface area contributed by atoms with Crippen molar-refractivity contribution in [3.05, 3.63) is 58.7 Å². The number of pyridine rings is 1. The van der Waals surface area contributed by atoms with Crippen molar-refractivity contribution in [2.45, 2.75) is 19.8 Å². The number of halogens is 1. The van der Waals surface area contributed by atoms with Crippen LogP contribution in [0.3, 0.4) is 0 Å². The molecule has 2 aromatic rings. The summed E-state index contributed by atoms with van der Waals surface area (Å²) < 4.78 is 0.872. The largest absolute Gasteiger partial charge is 0.310 e. The summed E-state index contributed by atoms with van der Waals surface area (Å²) in [6.45, 7) is 2.53. The number of amides is 1. The Morgan fingerprint density at radius 3 is 2.72 bits per heavy atom. The van der Waals surface area contributed by atoms with E-state index in [1.807, 2.05) is 36.4 Å². The van der Waals surface area contributed by atoms with Crippen LogP contribution in [-0.2, 0) is 4.79 Å². The van der Waals surface area contributed by atoms with E-state index in [4.69, 9.17) is 0 Å². The van der Waals surface area contributed by atoms with Gasteiger partial charge in [-0.25, -0.2) is 9.98 Å². The third-order valence-electron chi connectivity index (χ3n) is 3.95. The van der Waals surface area contributed by atoms with E-state index in [9.17, 15) is 4.79 Å². The summed E-state index contributed by atoms with van der Waals surface area (Å²) in [7, 11) is 0. The molecule has 1 unspecified atom stereocenters. The summed E-state index contributed by atoms with van der Waals surface area (Å²) in [5, 5.41) is 2.88. The maximum absolute atomic E-state index is 12.7. The van der Waals surface area contributed by atoms with Crippen LogP contribution in [0, 0.1) is 5.92 Å². The Kier molecular flexibility index (Phi) is 5.71. The standard InChI is InChI=1S/C19H19BrN4O/c1-2-6-15(19(25)24-17-10-9-14(20)11-21-17)16-12-22-18(23-16)13-7-4-3-5-8-13/h3-5,7-11,15H,2,6,12H2,1H3,(H,21,24,25). The molecule has 1 aliphatic heterocycles. The lowest BCUT2D eigenvalue weighted by atomic mass is 9.97. The fraction of sp³-hybridized carbons (Fsp3) is 0.263. The second-order valence-electron chi connectivity index (χ2n) is 5.80. The van der Waals surface area contributed by atoms with E-state index in [0.717, 1.165) is 28.6 Å². The summed E-state index contributed by atoms with van der Waals surface area (Å²) >= 11 is 3.34. The monoisotopic (exact) mass is 398 g/mol. The molecule has 1 aliphatic rings. The molecule has 0 saturated heterocycles. The minimum absolute atomic E-state index is 0.0834. The minimum Gasteiger partial charge on any atom is -0.310 e. The Morgan fingerprint density at radius 1 is 1.24 bits per heavy atom. The van der Waals surface area contributed by atoms with Gasteiger partial charge in [0.25, 0.3) is 0 Å². The van der Waals surface area contributed by atoms with E-state index >= 15 is 0 Å². The van der Waals surface area contributed by atoms with Gasteiger partial charge in [-0.15, -0.1) is 0 Å². The molecule has 0 aliphatic carbocycles. The predicted molar refractivity (Wildman–Crippen MR) is 104 cm³/mol. The molecule has 1 N–H and O–H groups in total. The highest BCUT2D eigenvalue weighted by atomic mass is 79.9. The molecule has 5 nitrogen and oxygen atoms in total. The van der Waals surface area contributed by atoms with Gasteiger partial charge in [0, 0.05) is 16.2 Å². The first-order valence-corrected chi connectivity index (χ1v) is 9.06. The van der Waals surface area contributed by atoms with E-state index in [1.165, 1.54) is 0 Å². The Bertz CT molecular complexity index is 800. The molecule has 1 amide bonds. The predicted octanol–water partition coefficient (Wildman–Crippen LogP) is 4.10. The Hall–Kier alpha value is -2.34. The van der Waals surface area contributed by atoms with Crippen LogP contribution >= 0.6 is 15.9 Å². The summed E-state index contributed by atoms with van der Waals surface area (Å²) in [4.78, 5) is 26.1. The number of carbonyl (C=O) groups is 1. The molecule has 1 aromatic heterocycles. The van der Waals surface area contributed by atoms with Crippen molar-refractivity contribution in [1.82, 2.24) is 4.98 Å². The Labute approximate surface area is 155 Å². The number of carbonyl (C=O) groups excluding carboxylic acids is 1. The minimum atomic E-state index is -0.291. The third kappa shape index (κ3) is 4.39. The number of benzene rings is 1. The first-order valence-electron chi connectivity index (χ1n) is 8.27. The maximum Gasteiger partial charge on any atom is 0.234 e. The van der Waals surface area contributed by atoms with Gasteiger partial charge in [0.15, 0.2) is 5.84 Å². The molecule has 3 rings (SSSR count). The van der Waals surface area contributed by atoms with Crippen LogP contribution in [0.15, 0.2) is 63.1 Å². The smallest absolute Gasteiger partial charge is 0.234 e. The highest BCUT2D eigenvalue weighted by Crippen LogP contribution is 2.19. The van der Waals surface area contributed by atoms with E-state index < -0.39 is 0 Å². The molecular weight excluding hydrogens is 380 g/mol. The zero-order valence-corrected chi connectivity index (χ0v) is 15.5. The number of hydrogen-bond donors (Lipinski definition) is 1. The number of amidine groups is 1. The zero-order chi connectivity index (χ0) is 17.6.